The van der Waals surface area contributed by atoms with Crippen LogP contribution >= 0.6 is 15.9 Å². The first-order valence-corrected chi connectivity index (χ1v) is 5.95. The third-order valence-corrected chi connectivity index (χ3v) is 2.74. The molecule has 18 heavy (non-hydrogen) atoms. The molecule has 7 heteroatoms. The minimum Gasteiger partial charge on any atom is -0.382 e. The molecule has 0 aliphatic heterocycles. The van der Waals surface area contributed by atoms with Crippen molar-refractivity contribution in [3.05, 3.63) is 28.7 Å². The van der Waals surface area contributed by atoms with Gasteiger partial charge in [-0.2, -0.15) is 8.78 Å². The molecule has 1 N–H and O–H groups in total. The first kappa shape index (κ1) is 15.2. The lowest BCUT2D eigenvalue weighted by Gasteiger charge is -2.15. The highest BCUT2D eigenvalue weighted by Crippen LogP contribution is 2.23. The van der Waals surface area contributed by atoms with Crippen LogP contribution in [0.2, 0.25) is 0 Å². The summed E-state index contributed by atoms with van der Waals surface area (Å²) in [5.74, 6) is -4.09. The second-order valence-electron chi connectivity index (χ2n) is 3.52. The summed E-state index contributed by atoms with van der Waals surface area (Å²) in [5.41, 5.74) is 0.779. The monoisotopic (exact) mass is 329 g/mol. The standard InChI is InChI=1S/C11H12BrF4NO/c12-8-3-1-2-4-9(8)17-5-6-18-7-11(15,16)10(13)14/h1-4,10,17H,5-7H2. The number of nitrogens with one attached hydrogen (secondary N) is 1. The summed E-state index contributed by atoms with van der Waals surface area (Å²) in [6.45, 7) is -1.10. The van der Waals surface area contributed by atoms with Crippen LogP contribution in [0.5, 0.6) is 0 Å². The van der Waals surface area contributed by atoms with E-state index in [1.54, 1.807) is 12.1 Å². The number of rotatable bonds is 7. The van der Waals surface area contributed by atoms with E-state index in [0.29, 0.717) is 0 Å². The average Bonchev–Trinajstić information content (AvgIpc) is 2.30. The predicted octanol–water partition coefficient (Wildman–Crippen LogP) is 3.78. The molecule has 1 aromatic carbocycles. The van der Waals surface area contributed by atoms with Crippen molar-refractivity contribution in [1.82, 2.24) is 0 Å². The van der Waals surface area contributed by atoms with Crippen molar-refractivity contribution in [3.63, 3.8) is 0 Å². The molecule has 0 aliphatic carbocycles. The maximum Gasteiger partial charge on any atom is 0.330 e. The Kier molecular flexibility index (Phi) is 5.87. The molecular weight excluding hydrogens is 318 g/mol. The summed E-state index contributed by atoms with van der Waals surface area (Å²) >= 11 is 3.29. The van der Waals surface area contributed by atoms with Crippen LogP contribution in [0.15, 0.2) is 28.7 Å². The van der Waals surface area contributed by atoms with Gasteiger partial charge in [0.05, 0.1) is 6.61 Å². The molecule has 102 valence electrons. The molecule has 0 saturated carbocycles. The van der Waals surface area contributed by atoms with E-state index in [2.05, 4.69) is 26.0 Å². The first-order valence-electron chi connectivity index (χ1n) is 5.15. The van der Waals surface area contributed by atoms with Gasteiger partial charge in [0.15, 0.2) is 0 Å². The average molecular weight is 330 g/mol. The van der Waals surface area contributed by atoms with Crippen molar-refractivity contribution in [2.45, 2.75) is 12.3 Å². The minimum absolute atomic E-state index is 0.0797. The molecule has 0 aromatic heterocycles. The third kappa shape index (κ3) is 4.81. The van der Waals surface area contributed by atoms with Gasteiger partial charge in [-0.15, -0.1) is 0 Å². The Bertz CT molecular complexity index is 376. The Morgan fingerprint density at radius 1 is 1.28 bits per heavy atom. The predicted molar refractivity (Wildman–Crippen MR) is 64.4 cm³/mol. The lowest BCUT2D eigenvalue weighted by molar-refractivity contribution is -0.164. The van der Waals surface area contributed by atoms with E-state index in [-0.39, 0.29) is 13.2 Å². The van der Waals surface area contributed by atoms with E-state index in [1.165, 1.54) is 0 Å². The van der Waals surface area contributed by atoms with Gasteiger partial charge in [0.1, 0.15) is 6.61 Å². The van der Waals surface area contributed by atoms with E-state index in [9.17, 15) is 17.6 Å². The van der Waals surface area contributed by atoms with Crippen LogP contribution < -0.4 is 5.32 Å². The fraction of sp³-hybridized carbons (Fsp3) is 0.455. The van der Waals surface area contributed by atoms with Crippen molar-refractivity contribution >= 4 is 21.6 Å². The Morgan fingerprint density at radius 3 is 2.56 bits per heavy atom. The highest BCUT2D eigenvalue weighted by Gasteiger charge is 2.40. The molecular formula is C11H12BrF4NO. The van der Waals surface area contributed by atoms with Crippen molar-refractivity contribution in [1.29, 1.82) is 0 Å². The van der Waals surface area contributed by atoms with Gasteiger partial charge < -0.3 is 10.1 Å². The van der Waals surface area contributed by atoms with Crippen LogP contribution in [0.25, 0.3) is 0 Å². The van der Waals surface area contributed by atoms with Gasteiger partial charge >= 0.3 is 12.3 Å². The number of hydrogen-bond acceptors (Lipinski definition) is 2. The molecule has 0 bridgehead atoms. The number of anilines is 1. The Labute approximate surface area is 110 Å². The maximum absolute atomic E-state index is 12.5. The molecule has 0 radical (unpaired) electrons. The van der Waals surface area contributed by atoms with Crippen LogP contribution in [-0.4, -0.2) is 32.1 Å². The molecule has 0 spiro atoms. The van der Waals surface area contributed by atoms with E-state index in [0.717, 1.165) is 10.2 Å². The number of halogens is 5. The summed E-state index contributed by atoms with van der Waals surface area (Å²) in [7, 11) is 0. The van der Waals surface area contributed by atoms with Crippen LogP contribution in [0.3, 0.4) is 0 Å². The van der Waals surface area contributed by atoms with Crippen molar-refractivity contribution in [2.24, 2.45) is 0 Å². The second-order valence-corrected chi connectivity index (χ2v) is 4.38. The molecule has 2 nitrogen and oxygen atoms in total. The summed E-state index contributed by atoms with van der Waals surface area (Å²) in [4.78, 5) is 0. The molecule has 0 heterocycles. The molecule has 0 atom stereocenters. The molecule has 1 aromatic rings. The Morgan fingerprint density at radius 2 is 1.94 bits per heavy atom. The number of benzene rings is 1. The highest BCUT2D eigenvalue weighted by molar-refractivity contribution is 9.10. The second kappa shape index (κ2) is 6.94. The van der Waals surface area contributed by atoms with E-state index >= 15 is 0 Å². The molecule has 0 fully saturated rings. The first-order chi connectivity index (χ1) is 8.43. The minimum atomic E-state index is -4.09. The largest absolute Gasteiger partial charge is 0.382 e. The van der Waals surface area contributed by atoms with E-state index < -0.39 is 19.0 Å². The number of ether oxygens (including phenoxy) is 1. The molecule has 0 aliphatic rings. The fourth-order valence-electron chi connectivity index (χ4n) is 1.13. The van der Waals surface area contributed by atoms with Crippen LogP contribution in [0.1, 0.15) is 0 Å². The van der Waals surface area contributed by atoms with Gasteiger partial charge in [-0.25, -0.2) is 8.78 Å². The lowest BCUT2D eigenvalue weighted by atomic mass is 10.3. The van der Waals surface area contributed by atoms with Gasteiger partial charge in [-0.3, -0.25) is 0 Å². The number of hydrogen-bond donors (Lipinski definition) is 1. The number of para-hydroxylation sites is 1. The van der Waals surface area contributed by atoms with Gasteiger partial charge in [0.25, 0.3) is 0 Å². The zero-order chi connectivity index (χ0) is 13.6. The quantitative estimate of drug-likeness (QED) is 0.607. The number of alkyl halides is 4. The summed E-state index contributed by atoms with van der Waals surface area (Å²) < 4.78 is 53.8. The highest BCUT2D eigenvalue weighted by atomic mass is 79.9. The molecule has 0 saturated heterocycles. The lowest BCUT2D eigenvalue weighted by Crippen LogP contribution is -2.33. The van der Waals surface area contributed by atoms with Crippen molar-refractivity contribution < 1.29 is 22.3 Å². The fourth-order valence-corrected chi connectivity index (χ4v) is 1.56. The van der Waals surface area contributed by atoms with Crippen LogP contribution in [-0.2, 0) is 4.74 Å². The zero-order valence-electron chi connectivity index (χ0n) is 9.31. The Hall–Kier alpha value is -0.820. The molecule has 1 rings (SSSR count). The van der Waals surface area contributed by atoms with Crippen molar-refractivity contribution in [2.75, 3.05) is 25.1 Å². The van der Waals surface area contributed by atoms with Gasteiger partial charge in [0, 0.05) is 16.7 Å². The SMILES string of the molecule is FC(F)C(F)(F)COCCNc1ccccc1Br. The van der Waals surface area contributed by atoms with E-state index in [4.69, 9.17) is 0 Å². The summed E-state index contributed by atoms with van der Waals surface area (Å²) in [5, 5.41) is 2.92. The van der Waals surface area contributed by atoms with Gasteiger partial charge in [-0.05, 0) is 28.1 Å². The van der Waals surface area contributed by atoms with Crippen molar-refractivity contribution in [3.8, 4) is 0 Å². The van der Waals surface area contributed by atoms with Gasteiger partial charge in [-0.1, -0.05) is 12.1 Å². The van der Waals surface area contributed by atoms with Crippen LogP contribution in [0, 0.1) is 0 Å². The smallest absolute Gasteiger partial charge is 0.330 e. The van der Waals surface area contributed by atoms with E-state index in [1.807, 2.05) is 12.1 Å². The van der Waals surface area contributed by atoms with Crippen LogP contribution in [0.4, 0.5) is 23.2 Å². The topological polar surface area (TPSA) is 21.3 Å². The maximum atomic E-state index is 12.5. The third-order valence-electron chi connectivity index (χ3n) is 2.05. The summed E-state index contributed by atoms with van der Waals surface area (Å²) in [6, 6.07) is 7.24. The summed E-state index contributed by atoms with van der Waals surface area (Å²) in [6.07, 6.45) is -3.70. The Balaban J connectivity index is 2.22. The normalized spacial score (nSPS) is 11.9. The van der Waals surface area contributed by atoms with Gasteiger partial charge in [0.2, 0.25) is 0 Å². The molecule has 0 amide bonds. The molecule has 0 unspecified atom stereocenters. The zero-order valence-corrected chi connectivity index (χ0v) is 10.9.